The lowest BCUT2D eigenvalue weighted by molar-refractivity contribution is -0.143. The number of amides is 3. The van der Waals surface area contributed by atoms with Crippen molar-refractivity contribution in [1.29, 1.82) is 0 Å². The molecule has 1 N–H and O–H groups in total. The highest BCUT2D eigenvalue weighted by atomic mass is 127. The zero-order valence-electron chi connectivity index (χ0n) is 21.9. The summed E-state index contributed by atoms with van der Waals surface area (Å²) in [7, 11) is 1.27. The Morgan fingerprint density at radius 2 is 1.85 bits per heavy atom. The molecule has 0 spiro atoms. The molecule has 2 aromatic rings. The van der Waals surface area contributed by atoms with Crippen LogP contribution in [0.1, 0.15) is 12.5 Å². The third-order valence-corrected chi connectivity index (χ3v) is 7.60. The molecule has 11 nitrogen and oxygen atoms in total. The molecule has 212 valence electrons. The number of hydrogen-bond donors (Lipinski definition) is 1. The second-order valence-electron chi connectivity index (χ2n) is 8.59. The van der Waals surface area contributed by atoms with Crippen molar-refractivity contribution in [3.63, 3.8) is 0 Å². The lowest BCUT2D eigenvalue weighted by Gasteiger charge is -2.28. The molecule has 2 aliphatic heterocycles. The molecule has 13 heteroatoms. The number of esters is 1. The minimum absolute atomic E-state index is 0.175. The molecular formula is C27H28IN3O8S. The fraction of sp³-hybridized carbons (Fsp3) is 0.333. The fourth-order valence-electron chi connectivity index (χ4n) is 3.97. The molecule has 2 saturated heterocycles. The molecule has 2 aromatic carbocycles. The number of halogens is 1. The minimum Gasteiger partial charge on any atom is -0.490 e. The summed E-state index contributed by atoms with van der Waals surface area (Å²) in [5, 5.41) is 2.21. The van der Waals surface area contributed by atoms with Gasteiger partial charge in [0, 0.05) is 24.5 Å². The number of thioether (sulfide) groups is 1. The lowest BCUT2D eigenvalue weighted by atomic mass is 10.2. The third-order valence-electron chi connectivity index (χ3n) is 5.89. The molecule has 0 radical (unpaired) electrons. The van der Waals surface area contributed by atoms with Crippen molar-refractivity contribution >= 4 is 74.8 Å². The summed E-state index contributed by atoms with van der Waals surface area (Å²) >= 11 is 2.79. The van der Waals surface area contributed by atoms with Crippen molar-refractivity contribution in [2.75, 3.05) is 63.4 Å². The van der Waals surface area contributed by atoms with Crippen LogP contribution in [-0.4, -0.2) is 81.1 Å². The van der Waals surface area contributed by atoms with Crippen molar-refractivity contribution in [3.8, 4) is 11.5 Å². The highest BCUT2D eigenvalue weighted by molar-refractivity contribution is 14.1. The molecule has 4 rings (SSSR count). The van der Waals surface area contributed by atoms with Gasteiger partial charge in [0.1, 0.15) is 6.54 Å². The SMILES string of the molecule is CCOc1cc(/C=C2/SC(=O)N(CC(=O)Nc3ccc(N4CCOCC4)cc3)C2=O)cc(I)c1OCC(=O)OC. The topological polar surface area (TPSA) is 124 Å². The summed E-state index contributed by atoms with van der Waals surface area (Å²) in [6.45, 7) is 4.41. The number of carbonyl (C=O) groups excluding carboxylic acids is 4. The summed E-state index contributed by atoms with van der Waals surface area (Å²) < 4.78 is 21.9. The zero-order valence-corrected chi connectivity index (χ0v) is 24.9. The van der Waals surface area contributed by atoms with Gasteiger partial charge in [-0.2, -0.15) is 0 Å². The van der Waals surface area contributed by atoms with Crippen LogP contribution in [-0.2, 0) is 23.9 Å². The number of nitrogens with zero attached hydrogens (tertiary/aromatic N) is 2. The minimum atomic E-state index is -0.563. The first-order chi connectivity index (χ1) is 19.3. The van der Waals surface area contributed by atoms with E-state index in [9.17, 15) is 19.2 Å². The van der Waals surface area contributed by atoms with Gasteiger partial charge >= 0.3 is 5.97 Å². The number of carbonyl (C=O) groups is 4. The first-order valence-electron chi connectivity index (χ1n) is 12.4. The number of anilines is 2. The van der Waals surface area contributed by atoms with Crippen molar-refractivity contribution in [2.45, 2.75) is 6.92 Å². The average molecular weight is 682 g/mol. The van der Waals surface area contributed by atoms with E-state index in [2.05, 4.69) is 15.0 Å². The van der Waals surface area contributed by atoms with Gasteiger partial charge in [0.15, 0.2) is 18.1 Å². The van der Waals surface area contributed by atoms with E-state index < -0.39 is 29.6 Å². The molecule has 0 saturated carbocycles. The van der Waals surface area contributed by atoms with Crippen LogP contribution < -0.4 is 19.7 Å². The van der Waals surface area contributed by atoms with Gasteiger partial charge in [-0.25, -0.2) is 4.79 Å². The molecule has 0 unspecified atom stereocenters. The van der Waals surface area contributed by atoms with Crippen LogP contribution in [0.15, 0.2) is 41.3 Å². The molecule has 0 aliphatic carbocycles. The Morgan fingerprint density at radius 3 is 2.52 bits per heavy atom. The third kappa shape index (κ3) is 7.46. The molecule has 0 atom stereocenters. The molecule has 0 bridgehead atoms. The van der Waals surface area contributed by atoms with Crippen molar-refractivity contribution in [3.05, 3.63) is 50.4 Å². The maximum Gasteiger partial charge on any atom is 0.343 e. The van der Waals surface area contributed by atoms with Gasteiger partial charge in [-0.05, 0) is 89.3 Å². The molecule has 3 amide bonds. The number of methoxy groups -OCH3 is 1. The van der Waals surface area contributed by atoms with E-state index in [0.29, 0.717) is 46.1 Å². The summed E-state index contributed by atoms with van der Waals surface area (Å²) in [6.07, 6.45) is 1.56. The van der Waals surface area contributed by atoms with Gasteiger partial charge in [0.2, 0.25) is 5.91 Å². The number of ether oxygens (including phenoxy) is 4. The monoisotopic (exact) mass is 681 g/mol. The van der Waals surface area contributed by atoms with Gasteiger partial charge in [0.05, 0.1) is 35.4 Å². The van der Waals surface area contributed by atoms with Crippen LogP contribution in [0.3, 0.4) is 0 Å². The largest absolute Gasteiger partial charge is 0.490 e. The number of morpholine rings is 1. The van der Waals surface area contributed by atoms with Gasteiger partial charge in [-0.15, -0.1) is 0 Å². The van der Waals surface area contributed by atoms with E-state index in [1.54, 1.807) is 37.3 Å². The first kappa shape index (κ1) is 29.7. The quantitative estimate of drug-likeness (QED) is 0.225. The Kier molecular flexibility index (Phi) is 10.3. The van der Waals surface area contributed by atoms with Crippen molar-refractivity contribution < 1.29 is 38.1 Å². The van der Waals surface area contributed by atoms with E-state index in [1.807, 2.05) is 34.7 Å². The number of benzene rings is 2. The molecule has 2 heterocycles. The Labute approximate surface area is 249 Å². The van der Waals surface area contributed by atoms with Crippen LogP contribution in [0.2, 0.25) is 0 Å². The van der Waals surface area contributed by atoms with Crippen molar-refractivity contribution in [1.82, 2.24) is 4.90 Å². The second-order valence-corrected chi connectivity index (χ2v) is 10.7. The highest BCUT2D eigenvalue weighted by Gasteiger charge is 2.36. The fourth-order valence-corrected chi connectivity index (χ4v) is 5.59. The van der Waals surface area contributed by atoms with Crippen LogP contribution in [0.25, 0.3) is 6.08 Å². The maximum absolute atomic E-state index is 13.0. The van der Waals surface area contributed by atoms with Crippen LogP contribution in [0, 0.1) is 3.57 Å². The molecule has 2 fully saturated rings. The smallest absolute Gasteiger partial charge is 0.343 e. The second kappa shape index (κ2) is 13.9. The van der Waals surface area contributed by atoms with E-state index in [0.717, 1.165) is 35.4 Å². The number of rotatable bonds is 10. The number of nitrogens with one attached hydrogen (secondary N) is 1. The molecular weight excluding hydrogens is 653 g/mol. The predicted octanol–water partition coefficient (Wildman–Crippen LogP) is 3.75. The average Bonchev–Trinajstić information content (AvgIpc) is 3.20. The van der Waals surface area contributed by atoms with Gasteiger partial charge in [0.25, 0.3) is 11.1 Å². The van der Waals surface area contributed by atoms with Gasteiger partial charge in [-0.1, -0.05) is 0 Å². The Morgan fingerprint density at radius 1 is 1.12 bits per heavy atom. The summed E-state index contributed by atoms with van der Waals surface area (Å²) in [4.78, 5) is 53.1. The standard InChI is InChI=1S/C27H28IN3O8S/c1-3-38-21-13-17(12-20(28)25(21)39-16-24(33)36-2)14-22-26(34)31(27(35)40-22)15-23(32)29-18-4-6-19(7-5-18)30-8-10-37-11-9-30/h4-7,12-14H,3,8-11,15-16H2,1-2H3,(H,29,32)/b22-14+. The highest BCUT2D eigenvalue weighted by Crippen LogP contribution is 2.37. The van der Waals surface area contributed by atoms with E-state index in [-0.39, 0.29) is 11.5 Å². The molecule has 40 heavy (non-hydrogen) atoms. The lowest BCUT2D eigenvalue weighted by Crippen LogP contribution is -2.36. The van der Waals surface area contributed by atoms with E-state index in [1.165, 1.54) is 7.11 Å². The number of imide groups is 1. The van der Waals surface area contributed by atoms with Gasteiger partial charge in [-0.3, -0.25) is 19.3 Å². The van der Waals surface area contributed by atoms with Crippen LogP contribution >= 0.6 is 34.4 Å². The Balaban J connectivity index is 1.41. The number of hydrogen-bond acceptors (Lipinski definition) is 10. The summed E-state index contributed by atoms with van der Waals surface area (Å²) in [5.74, 6) is -0.838. The predicted molar refractivity (Wildman–Crippen MR) is 159 cm³/mol. The Hall–Kier alpha value is -3.30. The van der Waals surface area contributed by atoms with Crippen LogP contribution in [0.5, 0.6) is 11.5 Å². The molecule has 2 aliphatic rings. The first-order valence-corrected chi connectivity index (χ1v) is 14.3. The summed E-state index contributed by atoms with van der Waals surface area (Å²) in [6, 6.07) is 10.8. The Bertz CT molecular complexity index is 1310. The summed E-state index contributed by atoms with van der Waals surface area (Å²) in [5.41, 5.74) is 2.19. The zero-order chi connectivity index (χ0) is 28.6. The maximum atomic E-state index is 13.0. The van der Waals surface area contributed by atoms with Crippen molar-refractivity contribution in [2.24, 2.45) is 0 Å². The normalized spacial score (nSPS) is 16.3. The van der Waals surface area contributed by atoms with E-state index in [4.69, 9.17) is 14.2 Å². The molecule has 0 aromatic heterocycles. The van der Waals surface area contributed by atoms with Crippen LogP contribution in [0.4, 0.5) is 16.2 Å². The van der Waals surface area contributed by atoms with E-state index >= 15 is 0 Å². The van der Waals surface area contributed by atoms with Gasteiger partial charge < -0.3 is 29.2 Å².